The van der Waals surface area contributed by atoms with Gasteiger partial charge in [-0.1, -0.05) is 37.6 Å². The Hall–Kier alpha value is -1.10. The summed E-state index contributed by atoms with van der Waals surface area (Å²) in [5.41, 5.74) is 2.31. The van der Waals surface area contributed by atoms with Gasteiger partial charge in [0, 0.05) is 36.1 Å². The van der Waals surface area contributed by atoms with E-state index in [-0.39, 0.29) is 0 Å². The molecule has 0 spiro atoms. The number of halogens is 1. The van der Waals surface area contributed by atoms with Crippen LogP contribution in [0.4, 0.5) is 5.13 Å². The van der Waals surface area contributed by atoms with Gasteiger partial charge in [0.15, 0.2) is 5.13 Å². The maximum Gasteiger partial charge on any atom is 0.185 e. The molecule has 5 heteroatoms. The third-order valence-electron chi connectivity index (χ3n) is 3.19. The van der Waals surface area contributed by atoms with E-state index in [0.717, 1.165) is 28.9 Å². The van der Waals surface area contributed by atoms with Gasteiger partial charge in [0.05, 0.1) is 5.69 Å². The van der Waals surface area contributed by atoms with Crippen molar-refractivity contribution in [1.29, 1.82) is 0 Å². The number of aryl methyl sites for hydroxylation is 1. The Balaban J connectivity index is 2.05. The highest BCUT2D eigenvalue weighted by Gasteiger charge is 2.12. The van der Waals surface area contributed by atoms with Crippen LogP contribution in [0.5, 0.6) is 0 Å². The molecule has 0 aliphatic carbocycles. The maximum absolute atomic E-state index is 6.03. The normalized spacial score (nSPS) is 11.1. The first-order chi connectivity index (χ1) is 9.95. The van der Waals surface area contributed by atoms with Crippen molar-refractivity contribution in [2.24, 2.45) is 0 Å². The highest BCUT2D eigenvalue weighted by Crippen LogP contribution is 2.26. The Morgan fingerprint density at radius 3 is 2.81 bits per heavy atom. The number of nitrogens with zero attached hydrogens (tertiary/aromatic N) is 2. The predicted octanol–water partition coefficient (Wildman–Crippen LogP) is 4.24. The van der Waals surface area contributed by atoms with E-state index in [9.17, 15) is 0 Å². The van der Waals surface area contributed by atoms with E-state index in [0.29, 0.717) is 6.04 Å². The Kier molecular flexibility index (Phi) is 5.62. The first-order valence-electron chi connectivity index (χ1n) is 7.11. The lowest BCUT2D eigenvalue weighted by Gasteiger charge is -2.15. The van der Waals surface area contributed by atoms with Crippen molar-refractivity contribution >= 4 is 28.1 Å². The van der Waals surface area contributed by atoms with Crippen LogP contribution in [-0.2, 0) is 13.1 Å². The van der Waals surface area contributed by atoms with Gasteiger partial charge in [-0.3, -0.25) is 0 Å². The van der Waals surface area contributed by atoms with Crippen LogP contribution in [0.25, 0.3) is 0 Å². The van der Waals surface area contributed by atoms with E-state index >= 15 is 0 Å². The fraction of sp³-hybridized carbons (Fsp3) is 0.438. The molecule has 0 aliphatic rings. The third kappa shape index (κ3) is 4.70. The van der Waals surface area contributed by atoms with Gasteiger partial charge in [0.2, 0.25) is 0 Å². The van der Waals surface area contributed by atoms with Gasteiger partial charge in [-0.15, -0.1) is 11.3 Å². The molecule has 0 atom stereocenters. The fourth-order valence-electron chi connectivity index (χ4n) is 2.01. The number of nitrogens with one attached hydrogen (secondary N) is 1. The second-order valence-corrected chi connectivity index (χ2v) is 7.03. The quantitative estimate of drug-likeness (QED) is 0.861. The number of anilines is 1. The molecule has 1 heterocycles. The van der Waals surface area contributed by atoms with Gasteiger partial charge in [-0.25, -0.2) is 4.98 Å². The molecule has 0 saturated heterocycles. The highest BCUT2D eigenvalue weighted by molar-refractivity contribution is 7.15. The highest BCUT2D eigenvalue weighted by atomic mass is 35.5. The number of rotatable bonds is 6. The van der Waals surface area contributed by atoms with Gasteiger partial charge >= 0.3 is 0 Å². The number of hydrogen-bond donors (Lipinski definition) is 1. The fourth-order valence-corrected chi connectivity index (χ4v) is 3.20. The second kappa shape index (κ2) is 7.25. The molecule has 21 heavy (non-hydrogen) atoms. The molecule has 1 N–H and O–H groups in total. The number of benzene rings is 1. The molecular weight excluding hydrogens is 302 g/mol. The molecule has 0 amide bonds. The maximum atomic E-state index is 6.03. The van der Waals surface area contributed by atoms with Crippen molar-refractivity contribution in [3.8, 4) is 0 Å². The lowest BCUT2D eigenvalue weighted by atomic mass is 10.2. The summed E-state index contributed by atoms with van der Waals surface area (Å²) < 4.78 is 0. The van der Waals surface area contributed by atoms with Crippen molar-refractivity contribution in [2.45, 2.75) is 39.9 Å². The zero-order chi connectivity index (χ0) is 15.4. The predicted molar refractivity (Wildman–Crippen MR) is 92.4 cm³/mol. The van der Waals surface area contributed by atoms with Crippen molar-refractivity contribution in [3.05, 3.63) is 45.4 Å². The van der Waals surface area contributed by atoms with E-state index < -0.39 is 0 Å². The standard InChI is InChI=1S/C16H22ClN3S/c1-11(2)18-9-15-12(3)19-16(21-15)20(4)10-13-6-5-7-14(17)8-13/h5-8,11,18H,9-10H2,1-4H3. The van der Waals surface area contributed by atoms with Crippen molar-refractivity contribution < 1.29 is 0 Å². The molecule has 0 radical (unpaired) electrons. The minimum atomic E-state index is 0.485. The summed E-state index contributed by atoms with van der Waals surface area (Å²) in [5.74, 6) is 0. The van der Waals surface area contributed by atoms with E-state index in [4.69, 9.17) is 11.6 Å². The van der Waals surface area contributed by atoms with Gasteiger partial charge in [-0.2, -0.15) is 0 Å². The Bertz CT molecular complexity index is 595. The van der Waals surface area contributed by atoms with Gasteiger partial charge in [-0.05, 0) is 24.6 Å². The van der Waals surface area contributed by atoms with Crippen LogP contribution in [0.2, 0.25) is 5.02 Å². The molecule has 1 aromatic heterocycles. The Morgan fingerprint density at radius 1 is 1.38 bits per heavy atom. The molecular formula is C16H22ClN3S. The molecule has 3 nitrogen and oxygen atoms in total. The van der Waals surface area contributed by atoms with E-state index in [1.165, 1.54) is 10.4 Å². The second-order valence-electron chi connectivity index (χ2n) is 5.53. The SMILES string of the molecule is Cc1nc(N(C)Cc2cccc(Cl)c2)sc1CNC(C)C. The molecule has 0 unspecified atom stereocenters. The van der Waals surface area contributed by atoms with Gasteiger partial charge in [0.1, 0.15) is 0 Å². The van der Waals surface area contributed by atoms with Crippen LogP contribution in [-0.4, -0.2) is 18.1 Å². The van der Waals surface area contributed by atoms with E-state index in [1.807, 2.05) is 18.2 Å². The van der Waals surface area contributed by atoms with Crippen LogP contribution >= 0.6 is 22.9 Å². The molecule has 0 bridgehead atoms. The molecule has 0 saturated carbocycles. The number of thiazole rings is 1. The zero-order valence-electron chi connectivity index (χ0n) is 13.0. The van der Waals surface area contributed by atoms with Crippen LogP contribution in [0.1, 0.15) is 30.0 Å². The molecule has 2 aromatic rings. The summed E-state index contributed by atoms with van der Waals surface area (Å²) in [5, 5.41) is 5.27. The topological polar surface area (TPSA) is 28.2 Å². The smallest absolute Gasteiger partial charge is 0.185 e. The van der Waals surface area contributed by atoms with Gasteiger partial charge in [0.25, 0.3) is 0 Å². The first-order valence-corrected chi connectivity index (χ1v) is 8.30. The Morgan fingerprint density at radius 2 is 2.14 bits per heavy atom. The summed E-state index contributed by atoms with van der Waals surface area (Å²) in [7, 11) is 2.07. The summed E-state index contributed by atoms with van der Waals surface area (Å²) >= 11 is 7.79. The lowest BCUT2D eigenvalue weighted by Crippen LogP contribution is -2.21. The van der Waals surface area contributed by atoms with Crippen LogP contribution in [0, 0.1) is 6.92 Å². The largest absolute Gasteiger partial charge is 0.347 e. The van der Waals surface area contributed by atoms with Crippen molar-refractivity contribution in [1.82, 2.24) is 10.3 Å². The average Bonchev–Trinajstić information content (AvgIpc) is 2.78. The molecule has 114 valence electrons. The monoisotopic (exact) mass is 323 g/mol. The van der Waals surface area contributed by atoms with Crippen LogP contribution in [0.15, 0.2) is 24.3 Å². The molecule has 2 rings (SSSR count). The van der Waals surface area contributed by atoms with E-state index in [1.54, 1.807) is 11.3 Å². The minimum absolute atomic E-state index is 0.485. The van der Waals surface area contributed by atoms with E-state index in [2.05, 4.69) is 49.1 Å². The summed E-state index contributed by atoms with van der Waals surface area (Å²) in [4.78, 5) is 8.15. The lowest BCUT2D eigenvalue weighted by molar-refractivity contribution is 0.591. The van der Waals surface area contributed by atoms with Crippen LogP contribution in [0.3, 0.4) is 0 Å². The zero-order valence-corrected chi connectivity index (χ0v) is 14.6. The number of hydrogen-bond acceptors (Lipinski definition) is 4. The third-order valence-corrected chi connectivity index (χ3v) is 4.69. The molecule has 0 aliphatic heterocycles. The van der Waals surface area contributed by atoms with Gasteiger partial charge < -0.3 is 10.2 Å². The molecule has 0 fully saturated rings. The summed E-state index contributed by atoms with van der Waals surface area (Å²) in [6.45, 7) is 8.08. The number of aromatic nitrogens is 1. The van der Waals surface area contributed by atoms with Crippen LogP contribution < -0.4 is 10.2 Å². The molecule has 1 aromatic carbocycles. The minimum Gasteiger partial charge on any atom is -0.347 e. The average molecular weight is 324 g/mol. The Labute approximate surface area is 136 Å². The van der Waals surface area contributed by atoms with Crippen molar-refractivity contribution in [3.63, 3.8) is 0 Å². The summed E-state index contributed by atoms with van der Waals surface area (Å²) in [6, 6.07) is 8.45. The summed E-state index contributed by atoms with van der Waals surface area (Å²) in [6.07, 6.45) is 0. The van der Waals surface area contributed by atoms with Crippen molar-refractivity contribution in [2.75, 3.05) is 11.9 Å². The first kappa shape index (κ1) is 16.3.